The summed E-state index contributed by atoms with van der Waals surface area (Å²) < 4.78 is 27.8. The number of sulfonamides is 1. The zero-order valence-electron chi connectivity index (χ0n) is 14.3. The van der Waals surface area contributed by atoms with Gasteiger partial charge in [0.15, 0.2) is 5.11 Å². The summed E-state index contributed by atoms with van der Waals surface area (Å²) in [4.78, 5) is 0.0757. The van der Waals surface area contributed by atoms with E-state index in [0.717, 1.165) is 5.69 Å². The second-order valence-corrected chi connectivity index (χ2v) is 8.63. The van der Waals surface area contributed by atoms with Crippen molar-refractivity contribution in [1.82, 2.24) is 0 Å². The molecule has 5 nitrogen and oxygen atoms in total. The van der Waals surface area contributed by atoms with Crippen molar-refractivity contribution in [3.63, 3.8) is 0 Å². The second-order valence-electron chi connectivity index (χ2n) is 5.70. The van der Waals surface area contributed by atoms with Gasteiger partial charge >= 0.3 is 0 Å². The largest absolute Gasteiger partial charge is 0.332 e. The Labute approximate surface area is 178 Å². The van der Waals surface area contributed by atoms with Gasteiger partial charge in [0.2, 0.25) is 0 Å². The van der Waals surface area contributed by atoms with E-state index in [1.54, 1.807) is 60.7 Å². The first-order valence-electron chi connectivity index (χ1n) is 8.04. The predicted molar refractivity (Wildman–Crippen MR) is 120 cm³/mol. The number of hydrogen-bond acceptors (Lipinski definition) is 3. The number of para-hydroxylation sites is 1. The summed E-state index contributed by atoms with van der Waals surface area (Å²) >= 11 is 17.2. The van der Waals surface area contributed by atoms with Gasteiger partial charge < -0.3 is 10.6 Å². The Morgan fingerprint density at radius 3 is 2.21 bits per heavy atom. The topological polar surface area (TPSA) is 70.2 Å². The molecule has 0 saturated heterocycles. The molecule has 0 saturated carbocycles. The summed E-state index contributed by atoms with van der Waals surface area (Å²) in [6, 6.07) is 20.0. The van der Waals surface area contributed by atoms with E-state index < -0.39 is 10.0 Å². The van der Waals surface area contributed by atoms with Gasteiger partial charge in [0, 0.05) is 16.4 Å². The van der Waals surface area contributed by atoms with Gasteiger partial charge in [-0.25, -0.2) is 8.42 Å². The molecule has 3 rings (SSSR count). The van der Waals surface area contributed by atoms with E-state index in [1.807, 2.05) is 0 Å². The molecule has 0 unspecified atom stereocenters. The van der Waals surface area contributed by atoms with Gasteiger partial charge in [0.1, 0.15) is 0 Å². The Morgan fingerprint density at radius 2 is 1.50 bits per heavy atom. The molecule has 0 fully saturated rings. The molecule has 0 aliphatic heterocycles. The number of nitrogens with one attached hydrogen (secondary N) is 3. The van der Waals surface area contributed by atoms with Crippen molar-refractivity contribution < 1.29 is 8.42 Å². The van der Waals surface area contributed by atoms with E-state index in [4.69, 9.17) is 35.4 Å². The fourth-order valence-electron chi connectivity index (χ4n) is 2.32. The summed E-state index contributed by atoms with van der Waals surface area (Å²) in [6.45, 7) is 0. The summed E-state index contributed by atoms with van der Waals surface area (Å²) in [5, 5.41) is 7.21. The van der Waals surface area contributed by atoms with Crippen LogP contribution in [0.3, 0.4) is 0 Å². The Morgan fingerprint density at radius 1 is 0.821 bits per heavy atom. The van der Waals surface area contributed by atoms with Gasteiger partial charge in [0.25, 0.3) is 10.0 Å². The second kappa shape index (κ2) is 8.79. The SMILES string of the molecule is O=S(=O)(Nc1ccccc1Cl)c1cccc(NC(=S)Nc2ccc(Cl)cc2)c1. The average Bonchev–Trinajstić information content (AvgIpc) is 2.65. The van der Waals surface area contributed by atoms with Crippen LogP contribution in [0.4, 0.5) is 17.1 Å². The van der Waals surface area contributed by atoms with Gasteiger partial charge in [-0.3, -0.25) is 4.72 Å². The third kappa shape index (κ3) is 5.36. The van der Waals surface area contributed by atoms with Gasteiger partial charge in [-0.15, -0.1) is 0 Å². The van der Waals surface area contributed by atoms with Crippen LogP contribution in [0, 0.1) is 0 Å². The highest BCUT2D eigenvalue weighted by Gasteiger charge is 2.16. The van der Waals surface area contributed by atoms with E-state index >= 15 is 0 Å². The fraction of sp³-hybridized carbons (Fsp3) is 0. The lowest BCUT2D eigenvalue weighted by Crippen LogP contribution is -2.19. The summed E-state index contributed by atoms with van der Waals surface area (Å²) in [7, 11) is -3.81. The first-order chi connectivity index (χ1) is 13.3. The van der Waals surface area contributed by atoms with Gasteiger partial charge in [-0.05, 0) is 66.8 Å². The highest BCUT2D eigenvalue weighted by atomic mass is 35.5. The zero-order chi connectivity index (χ0) is 20.1. The van der Waals surface area contributed by atoms with E-state index in [-0.39, 0.29) is 4.90 Å². The summed E-state index contributed by atoms with van der Waals surface area (Å²) in [5.41, 5.74) is 1.59. The summed E-state index contributed by atoms with van der Waals surface area (Å²) in [5.74, 6) is 0. The highest BCUT2D eigenvalue weighted by molar-refractivity contribution is 7.92. The Hall–Kier alpha value is -2.32. The molecule has 0 heterocycles. The maximum absolute atomic E-state index is 12.7. The molecular weight excluding hydrogens is 437 g/mol. The molecule has 0 radical (unpaired) electrons. The molecule has 3 aromatic carbocycles. The molecule has 0 bridgehead atoms. The third-order valence-electron chi connectivity index (χ3n) is 3.62. The molecule has 0 atom stereocenters. The molecule has 9 heteroatoms. The lowest BCUT2D eigenvalue weighted by Gasteiger charge is -2.13. The number of hydrogen-bond donors (Lipinski definition) is 3. The van der Waals surface area contributed by atoms with Crippen molar-refractivity contribution in [2.75, 3.05) is 15.4 Å². The minimum absolute atomic E-state index is 0.0757. The van der Waals surface area contributed by atoms with Gasteiger partial charge in [0.05, 0.1) is 15.6 Å². The Kier molecular flexibility index (Phi) is 6.41. The van der Waals surface area contributed by atoms with Crippen LogP contribution in [0.25, 0.3) is 0 Å². The van der Waals surface area contributed by atoms with E-state index in [2.05, 4.69) is 15.4 Å². The lowest BCUT2D eigenvalue weighted by molar-refractivity contribution is 0.601. The number of anilines is 3. The van der Waals surface area contributed by atoms with E-state index in [1.165, 1.54) is 12.1 Å². The first-order valence-corrected chi connectivity index (χ1v) is 10.7. The van der Waals surface area contributed by atoms with Crippen LogP contribution in [0.5, 0.6) is 0 Å². The first kappa shape index (κ1) is 20.4. The molecular formula is C19H15Cl2N3O2S2. The van der Waals surface area contributed by atoms with Gasteiger partial charge in [-0.2, -0.15) is 0 Å². The summed E-state index contributed by atoms with van der Waals surface area (Å²) in [6.07, 6.45) is 0. The van der Waals surface area contributed by atoms with Crippen LogP contribution in [-0.2, 0) is 10.0 Å². The zero-order valence-corrected chi connectivity index (χ0v) is 17.5. The minimum Gasteiger partial charge on any atom is -0.332 e. The van der Waals surface area contributed by atoms with Crippen molar-refractivity contribution in [3.05, 3.63) is 82.8 Å². The minimum atomic E-state index is -3.81. The molecule has 144 valence electrons. The van der Waals surface area contributed by atoms with Crippen molar-refractivity contribution in [1.29, 1.82) is 0 Å². The molecule has 0 amide bonds. The number of thiocarbonyl (C=S) groups is 1. The molecule has 28 heavy (non-hydrogen) atoms. The molecule has 0 aromatic heterocycles. The molecule has 0 aliphatic rings. The fourth-order valence-corrected chi connectivity index (χ4v) is 4.04. The quantitative estimate of drug-likeness (QED) is 0.440. The van der Waals surface area contributed by atoms with Gasteiger partial charge in [-0.1, -0.05) is 41.4 Å². The van der Waals surface area contributed by atoms with Crippen molar-refractivity contribution in [2.24, 2.45) is 0 Å². The van der Waals surface area contributed by atoms with Crippen molar-refractivity contribution in [2.45, 2.75) is 4.90 Å². The van der Waals surface area contributed by atoms with Crippen LogP contribution in [-0.4, -0.2) is 13.5 Å². The Bertz CT molecular complexity index is 1100. The maximum Gasteiger partial charge on any atom is 0.262 e. The monoisotopic (exact) mass is 451 g/mol. The third-order valence-corrected chi connectivity index (χ3v) is 5.77. The van der Waals surface area contributed by atoms with Crippen molar-refractivity contribution in [3.8, 4) is 0 Å². The standard InChI is InChI=1S/C19H15Cl2N3O2S2/c20-13-8-10-14(11-9-13)22-19(27)23-15-4-3-5-16(12-15)28(25,26)24-18-7-2-1-6-17(18)21/h1-12,24H,(H2,22,23,27). The molecule has 0 spiro atoms. The normalized spacial score (nSPS) is 10.9. The van der Waals surface area contributed by atoms with Crippen LogP contribution < -0.4 is 15.4 Å². The number of rotatable bonds is 5. The number of benzene rings is 3. The maximum atomic E-state index is 12.7. The van der Waals surface area contributed by atoms with Crippen LogP contribution in [0.2, 0.25) is 10.0 Å². The highest BCUT2D eigenvalue weighted by Crippen LogP contribution is 2.25. The Balaban J connectivity index is 1.73. The van der Waals surface area contributed by atoms with Crippen LogP contribution >= 0.6 is 35.4 Å². The predicted octanol–water partition coefficient (Wildman–Crippen LogP) is 5.60. The van der Waals surface area contributed by atoms with Crippen molar-refractivity contribution >= 4 is 67.6 Å². The van der Waals surface area contributed by atoms with Crippen LogP contribution in [0.1, 0.15) is 0 Å². The number of halogens is 2. The van der Waals surface area contributed by atoms with E-state index in [9.17, 15) is 8.42 Å². The molecule has 3 aromatic rings. The smallest absolute Gasteiger partial charge is 0.262 e. The van der Waals surface area contributed by atoms with E-state index in [0.29, 0.717) is 26.5 Å². The molecule has 3 N–H and O–H groups in total. The molecule has 0 aliphatic carbocycles. The lowest BCUT2D eigenvalue weighted by atomic mass is 10.3. The average molecular weight is 452 g/mol. The van der Waals surface area contributed by atoms with Crippen LogP contribution in [0.15, 0.2) is 77.7 Å².